The number of hydrogen-bond acceptors (Lipinski definition) is 3. The topological polar surface area (TPSA) is 63.5 Å². The SMILES string of the molecule is CCCN(CC1CC1)C(=O)c1cccc(Cl)c1[N+](=O)[O-]. The van der Waals surface area contributed by atoms with Crippen LogP contribution in [0.2, 0.25) is 5.02 Å². The summed E-state index contributed by atoms with van der Waals surface area (Å²) in [5, 5.41) is 11.1. The maximum Gasteiger partial charge on any atom is 0.300 e. The maximum atomic E-state index is 12.5. The van der Waals surface area contributed by atoms with Gasteiger partial charge in [-0.15, -0.1) is 0 Å². The number of nitro groups is 1. The van der Waals surface area contributed by atoms with E-state index in [4.69, 9.17) is 11.6 Å². The molecule has 0 atom stereocenters. The molecular formula is C14H17ClN2O3. The van der Waals surface area contributed by atoms with Crippen LogP contribution in [0, 0.1) is 16.0 Å². The highest BCUT2D eigenvalue weighted by molar-refractivity contribution is 6.33. The van der Waals surface area contributed by atoms with Gasteiger partial charge in [-0.1, -0.05) is 24.6 Å². The minimum absolute atomic E-state index is 0.00344. The number of carbonyl (C=O) groups excluding carboxylic acids is 1. The van der Waals surface area contributed by atoms with Gasteiger partial charge < -0.3 is 4.90 Å². The van der Waals surface area contributed by atoms with E-state index in [1.54, 1.807) is 11.0 Å². The fraction of sp³-hybridized carbons (Fsp3) is 0.500. The lowest BCUT2D eigenvalue weighted by Gasteiger charge is -2.22. The van der Waals surface area contributed by atoms with E-state index in [1.165, 1.54) is 12.1 Å². The Balaban J connectivity index is 2.30. The smallest absolute Gasteiger partial charge is 0.300 e. The molecule has 1 saturated carbocycles. The monoisotopic (exact) mass is 296 g/mol. The zero-order valence-corrected chi connectivity index (χ0v) is 12.1. The van der Waals surface area contributed by atoms with Gasteiger partial charge in [0.1, 0.15) is 10.6 Å². The molecule has 2 rings (SSSR count). The van der Waals surface area contributed by atoms with E-state index in [9.17, 15) is 14.9 Å². The van der Waals surface area contributed by atoms with E-state index in [0.29, 0.717) is 19.0 Å². The van der Waals surface area contributed by atoms with Gasteiger partial charge >= 0.3 is 5.69 Å². The number of carbonyl (C=O) groups is 1. The first-order valence-corrected chi connectivity index (χ1v) is 7.14. The Morgan fingerprint density at radius 3 is 2.75 bits per heavy atom. The van der Waals surface area contributed by atoms with Crippen molar-refractivity contribution in [2.45, 2.75) is 26.2 Å². The molecule has 1 aromatic carbocycles. The summed E-state index contributed by atoms with van der Waals surface area (Å²) in [7, 11) is 0. The third kappa shape index (κ3) is 3.28. The Morgan fingerprint density at radius 2 is 2.20 bits per heavy atom. The van der Waals surface area contributed by atoms with E-state index in [2.05, 4.69) is 0 Å². The second kappa shape index (κ2) is 6.22. The van der Waals surface area contributed by atoms with Crippen LogP contribution in [0.5, 0.6) is 0 Å². The van der Waals surface area contributed by atoms with Crippen LogP contribution in [0.4, 0.5) is 5.69 Å². The number of benzene rings is 1. The number of para-hydroxylation sites is 1. The molecule has 0 unspecified atom stereocenters. The average Bonchev–Trinajstić information content (AvgIpc) is 3.20. The highest BCUT2D eigenvalue weighted by Gasteiger charge is 2.30. The van der Waals surface area contributed by atoms with Gasteiger partial charge in [-0.2, -0.15) is 0 Å². The molecule has 1 fully saturated rings. The summed E-state index contributed by atoms with van der Waals surface area (Å²) in [5.41, 5.74) is -0.215. The number of rotatable bonds is 6. The first-order valence-electron chi connectivity index (χ1n) is 6.76. The predicted molar refractivity (Wildman–Crippen MR) is 77.0 cm³/mol. The molecule has 0 aliphatic heterocycles. The van der Waals surface area contributed by atoms with Gasteiger partial charge in [0, 0.05) is 13.1 Å². The maximum absolute atomic E-state index is 12.5. The van der Waals surface area contributed by atoms with Crippen LogP contribution in [0.25, 0.3) is 0 Å². The van der Waals surface area contributed by atoms with Crippen molar-refractivity contribution in [2.24, 2.45) is 5.92 Å². The Kier molecular flexibility index (Phi) is 4.60. The molecule has 1 aromatic rings. The molecule has 0 radical (unpaired) electrons. The van der Waals surface area contributed by atoms with Crippen molar-refractivity contribution >= 4 is 23.2 Å². The average molecular weight is 297 g/mol. The predicted octanol–water partition coefficient (Wildman–Crippen LogP) is 3.51. The largest absolute Gasteiger partial charge is 0.338 e. The Labute approximate surface area is 122 Å². The number of amides is 1. The number of nitro benzene ring substituents is 1. The molecule has 20 heavy (non-hydrogen) atoms. The van der Waals surface area contributed by atoms with Crippen LogP contribution < -0.4 is 0 Å². The van der Waals surface area contributed by atoms with E-state index < -0.39 is 4.92 Å². The Hall–Kier alpha value is -1.62. The second-order valence-electron chi connectivity index (χ2n) is 5.09. The third-order valence-electron chi connectivity index (χ3n) is 3.36. The Bertz CT molecular complexity index is 529. The van der Waals surface area contributed by atoms with E-state index in [-0.39, 0.29) is 22.2 Å². The summed E-state index contributed by atoms with van der Waals surface area (Å²) in [6, 6.07) is 4.48. The van der Waals surface area contributed by atoms with Crippen molar-refractivity contribution in [3.63, 3.8) is 0 Å². The molecule has 0 bridgehead atoms. The molecule has 108 valence electrons. The van der Waals surface area contributed by atoms with Crippen molar-refractivity contribution in [1.29, 1.82) is 0 Å². The van der Waals surface area contributed by atoms with E-state index >= 15 is 0 Å². The van der Waals surface area contributed by atoms with Crippen molar-refractivity contribution in [1.82, 2.24) is 4.90 Å². The fourth-order valence-corrected chi connectivity index (χ4v) is 2.45. The van der Waals surface area contributed by atoms with Crippen LogP contribution in [-0.4, -0.2) is 28.8 Å². The number of hydrogen-bond donors (Lipinski definition) is 0. The number of halogens is 1. The molecule has 1 aliphatic rings. The molecule has 0 aromatic heterocycles. The zero-order valence-electron chi connectivity index (χ0n) is 11.3. The zero-order chi connectivity index (χ0) is 14.7. The summed E-state index contributed by atoms with van der Waals surface area (Å²) in [6.07, 6.45) is 3.09. The molecule has 0 heterocycles. The molecule has 6 heteroatoms. The van der Waals surface area contributed by atoms with E-state index in [0.717, 1.165) is 19.3 Å². The summed E-state index contributed by atoms with van der Waals surface area (Å²) in [6.45, 7) is 3.27. The fourth-order valence-electron chi connectivity index (χ4n) is 2.20. The number of nitrogens with zero attached hydrogens (tertiary/aromatic N) is 2. The lowest BCUT2D eigenvalue weighted by atomic mass is 10.1. The first-order chi connectivity index (χ1) is 9.54. The van der Waals surface area contributed by atoms with Crippen LogP contribution in [0.1, 0.15) is 36.5 Å². The second-order valence-corrected chi connectivity index (χ2v) is 5.49. The normalized spacial score (nSPS) is 14.1. The molecule has 5 nitrogen and oxygen atoms in total. The lowest BCUT2D eigenvalue weighted by Crippen LogP contribution is -2.34. The minimum atomic E-state index is -0.586. The van der Waals surface area contributed by atoms with Crippen molar-refractivity contribution < 1.29 is 9.72 Å². The van der Waals surface area contributed by atoms with Gasteiger partial charge in [0.2, 0.25) is 0 Å². The summed E-state index contributed by atoms with van der Waals surface area (Å²) in [4.78, 5) is 24.8. The van der Waals surface area contributed by atoms with Gasteiger partial charge in [0.25, 0.3) is 5.91 Å². The highest BCUT2D eigenvalue weighted by atomic mass is 35.5. The molecule has 0 N–H and O–H groups in total. The quantitative estimate of drug-likeness (QED) is 0.596. The van der Waals surface area contributed by atoms with Gasteiger partial charge in [0.05, 0.1) is 4.92 Å². The van der Waals surface area contributed by atoms with Crippen LogP contribution in [0.3, 0.4) is 0 Å². The molecule has 1 aliphatic carbocycles. The van der Waals surface area contributed by atoms with Gasteiger partial charge in [0.15, 0.2) is 0 Å². The highest BCUT2D eigenvalue weighted by Crippen LogP contribution is 2.32. The molecule has 0 spiro atoms. The summed E-state index contributed by atoms with van der Waals surface area (Å²) < 4.78 is 0. The van der Waals surface area contributed by atoms with Gasteiger partial charge in [-0.25, -0.2) is 0 Å². The van der Waals surface area contributed by atoms with Crippen molar-refractivity contribution in [3.8, 4) is 0 Å². The minimum Gasteiger partial charge on any atom is -0.338 e. The van der Waals surface area contributed by atoms with Crippen LogP contribution >= 0.6 is 11.6 Å². The molecule has 0 saturated heterocycles. The van der Waals surface area contributed by atoms with Gasteiger partial charge in [-0.3, -0.25) is 14.9 Å². The lowest BCUT2D eigenvalue weighted by molar-refractivity contribution is -0.385. The Morgan fingerprint density at radius 1 is 1.50 bits per heavy atom. The van der Waals surface area contributed by atoms with Crippen LogP contribution in [-0.2, 0) is 0 Å². The third-order valence-corrected chi connectivity index (χ3v) is 3.66. The molecular weight excluding hydrogens is 280 g/mol. The van der Waals surface area contributed by atoms with E-state index in [1.807, 2.05) is 6.92 Å². The standard InChI is InChI=1S/C14H17ClN2O3/c1-2-8-16(9-10-6-7-10)14(18)11-4-3-5-12(15)13(11)17(19)20/h3-5,10H,2,6-9H2,1H3. The van der Waals surface area contributed by atoms with Crippen LogP contribution in [0.15, 0.2) is 18.2 Å². The van der Waals surface area contributed by atoms with Crippen molar-refractivity contribution in [2.75, 3.05) is 13.1 Å². The first kappa shape index (κ1) is 14.8. The van der Waals surface area contributed by atoms with Crippen molar-refractivity contribution in [3.05, 3.63) is 38.9 Å². The summed E-state index contributed by atoms with van der Waals surface area (Å²) in [5.74, 6) is 0.247. The molecule has 1 amide bonds. The van der Waals surface area contributed by atoms with Gasteiger partial charge in [-0.05, 0) is 37.3 Å². The summed E-state index contributed by atoms with van der Waals surface area (Å²) >= 11 is 5.86.